The number of phenolic OH excluding ortho intramolecular Hbond substituents is 2. The van der Waals surface area contributed by atoms with Crippen molar-refractivity contribution < 1.29 is 24.9 Å². The van der Waals surface area contributed by atoms with Crippen molar-refractivity contribution >= 4 is 76.1 Å². The van der Waals surface area contributed by atoms with Gasteiger partial charge >= 0.3 is 5.97 Å². The monoisotopic (exact) mass is 679 g/mol. The summed E-state index contributed by atoms with van der Waals surface area (Å²) in [5.74, 6) is -0.513. The minimum atomic E-state index is -0.763. The zero-order valence-corrected chi connectivity index (χ0v) is 27.2. The van der Waals surface area contributed by atoms with Crippen LogP contribution in [0, 0.1) is 0 Å². The van der Waals surface area contributed by atoms with E-state index in [9.17, 15) is 19.8 Å². The average Bonchev–Trinajstić information content (AvgIpc) is 3.36. The molecule has 3 N–H and O–H groups in total. The normalized spacial score (nSPS) is 16.0. The highest BCUT2D eigenvalue weighted by atomic mass is 35.5. The number of thiophene rings is 1. The lowest BCUT2D eigenvalue weighted by atomic mass is 9.97. The first kappa shape index (κ1) is 35.4. The van der Waals surface area contributed by atoms with Crippen molar-refractivity contribution in [3.8, 4) is 21.9 Å². The third kappa shape index (κ3) is 7.59. The Morgan fingerprint density at radius 3 is 2.00 bits per heavy atom. The van der Waals surface area contributed by atoms with Gasteiger partial charge in [0.25, 0.3) is 0 Å². The van der Waals surface area contributed by atoms with Crippen molar-refractivity contribution in [3.63, 3.8) is 0 Å². The minimum absolute atomic E-state index is 0. The van der Waals surface area contributed by atoms with E-state index in [1.165, 1.54) is 11.3 Å². The number of carboxylic acid groups (broad SMARTS) is 1. The van der Waals surface area contributed by atoms with Crippen molar-refractivity contribution in [3.05, 3.63) is 77.9 Å². The van der Waals surface area contributed by atoms with E-state index in [2.05, 4.69) is 9.80 Å². The number of halogens is 3. The maximum absolute atomic E-state index is 13.9. The number of hydrogen-bond acceptors (Lipinski definition) is 8. The first-order chi connectivity index (χ1) is 19.9. The van der Waals surface area contributed by atoms with E-state index < -0.39 is 5.97 Å². The first-order valence-electron chi connectivity index (χ1n) is 14.0. The van der Waals surface area contributed by atoms with Gasteiger partial charge in [0.2, 0.25) is 0 Å². The Hall–Kier alpha value is -3.05. The number of aromatic hydroxyl groups is 2. The Balaban J connectivity index is 0.00000176. The molecule has 0 radical (unpaired) electrons. The van der Waals surface area contributed by atoms with Crippen molar-refractivity contribution in [1.82, 2.24) is 9.80 Å². The average molecular weight is 681 g/mol. The molecule has 2 saturated heterocycles. The summed E-state index contributed by atoms with van der Waals surface area (Å²) >= 11 is 1.46. The van der Waals surface area contributed by atoms with Gasteiger partial charge in [0.15, 0.2) is 5.78 Å². The van der Waals surface area contributed by atoms with Crippen LogP contribution in [0.5, 0.6) is 11.5 Å². The number of ketones is 1. The summed E-state index contributed by atoms with van der Waals surface area (Å²) in [5.41, 5.74) is 3.16. The topological polar surface area (TPSA) is 105 Å². The Kier molecular flexibility index (Phi) is 12.3. The predicted octanol–water partition coefficient (Wildman–Crippen LogP) is 6.15. The molecule has 4 aromatic rings. The van der Waals surface area contributed by atoms with Crippen molar-refractivity contribution in [2.45, 2.75) is 18.9 Å². The number of piperidine rings is 1. The second-order valence-electron chi connectivity index (χ2n) is 10.8. The number of rotatable bonds is 7. The predicted molar refractivity (Wildman–Crippen MR) is 183 cm³/mol. The van der Waals surface area contributed by atoms with Gasteiger partial charge in [-0.2, -0.15) is 0 Å². The zero-order chi connectivity index (χ0) is 28.5. The lowest BCUT2D eigenvalue weighted by Gasteiger charge is -2.43. The summed E-state index contributed by atoms with van der Waals surface area (Å²) in [6.45, 7) is 5.44. The fraction of sp³-hybridized carbons (Fsp3) is 0.312. The zero-order valence-electron chi connectivity index (χ0n) is 23.9. The van der Waals surface area contributed by atoms with Crippen LogP contribution in [-0.2, 0) is 4.79 Å². The van der Waals surface area contributed by atoms with Gasteiger partial charge in [-0.3, -0.25) is 19.4 Å². The van der Waals surface area contributed by atoms with Gasteiger partial charge in [-0.05, 0) is 85.1 Å². The van der Waals surface area contributed by atoms with Crippen LogP contribution in [0.2, 0.25) is 0 Å². The van der Waals surface area contributed by atoms with Crippen molar-refractivity contribution in [2.24, 2.45) is 0 Å². The number of anilines is 1. The summed E-state index contributed by atoms with van der Waals surface area (Å²) in [6.07, 6.45) is 2.12. The van der Waals surface area contributed by atoms with E-state index in [4.69, 9.17) is 5.11 Å². The molecule has 1 aromatic heterocycles. The van der Waals surface area contributed by atoms with Gasteiger partial charge in [0.05, 0.1) is 6.54 Å². The van der Waals surface area contributed by atoms with Crippen molar-refractivity contribution in [1.29, 1.82) is 0 Å². The van der Waals surface area contributed by atoms with Crippen LogP contribution in [0.1, 0.15) is 28.8 Å². The van der Waals surface area contributed by atoms with E-state index in [0.717, 1.165) is 78.3 Å². The fourth-order valence-electron chi connectivity index (χ4n) is 6.06. The van der Waals surface area contributed by atoms with Crippen LogP contribution in [0.3, 0.4) is 0 Å². The fourth-order valence-corrected chi connectivity index (χ4v) is 7.30. The van der Waals surface area contributed by atoms with Crippen LogP contribution in [-0.4, -0.2) is 88.7 Å². The van der Waals surface area contributed by atoms with Gasteiger partial charge in [-0.1, -0.05) is 0 Å². The number of benzene rings is 3. The number of phenols is 2. The molecule has 2 aliphatic heterocycles. The summed E-state index contributed by atoms with van der Waals surface area (Å²) < 4.78 is 0.833. The molecule has 3 aromatic carbocycles. The van der Waals surface area contributed by atoms with Crippen LogP contribution in [0.4, 0.5) is 5.69 Å². The smallest absolute Gasteiger partial charge is 0.317 e. The SMILES string of the molecule is Cl.Cl.Cl.O=C(O)CN1CCN(C2CCN(c3ccc(C(=O)c4c(-c5ccc(O)cc5)sc5cc(O)ccc45)cc3)CC2)CC1. The summed E-state index contributed by atoms with van der Waals surface area (Å²) in [5, 5.41) is 29.6. The molecule has 6 rings (SSSR count). The van der Waals surface area contributed by atoms with E-state index in [0.29, 0.717) is 17.2 Å². The number of aliphatic carboxylic acids is 1. The third-order valence-electron chi connectivity index (χ3n) is 8.27. The van der Waals surface area contributed by atoms with E-state index in [-0.39, 0.29) is 61.0 Å². The summed E-state index contributed by atoms with van der Waals surface area (Å²) in [6, 6.07) is 20.3. The number of carboxylic acids is 1. The summed E-state index contributed by atoms with van der Waals surface area (Å²) in [7, 11) is 0. The lowest BCUT2D eigenvalue weighted by Crippen LogP contribution is -2.53. The molecule has 0 spiro atoms. The number of carbonyl (C=O) groups excluding carboxylic acids is 1. The molecule has 2 aliphatic rings. The van der Waals surface area contributed by atoms with Gasteiger partial charge < -0.3 is 20.2 Å². The number of hydrogen-bond donors (Lipinski definition) is 3. The molecule has 3 heterocycles. The molecule has 12 heteroatoms. The van der Waals surface area contributed by atoms with E-state index >= 15 is 0 Å². The number of fused-ring (bicyclic) bond motifs is 1. The molecule has 236 valence electrons. The largest absolute Gasteiger partial charge is 0.508 e. The van der Waals surface area contributed by atoms with Crippen LogP contribution in [0.25, 0.3) is 20.5 Å². The second-order valence-corrected chi connectivity index (χ2v) is 11.9. The molecule has 0 bridgehead atoms. The molecule has 44 heavy (non-hydrogen) atoms. The molecule has 0 amide bonds. The van der Waals surface area contributed by atoms with Gasteiger partial charge in [0, 0.05) is 77.1 Å². The molecule has 0 atom stereocenters. The molecule has 0 unspecified atom stereocenters. The van der Waals surface area contributed by atoms with Crippen LogP contribution in [0.15, 0.2) is 66.7 Å². The number of piperazine rings is 1. The lowest BCUT2D eigenvalue weighted by molar-refractivity contribution is -0.138. The standard InChI is InChI=1S/C32H33N3O5S.3ClH/c36-25-7-3-22(4-8-25)32-30(27-10-9-26(37)19-28(27)41-32)31(40)21-1-5-23(6-2-21)34-13-11-24(12-14-34)35-17-15-33(16-18-35)20-29(38)39;;;/h1-10,19,24,36-37H,11-18,20H2,(H,38,39);3*1H. The molecule has 0 aliphatic carbocycles. The maximum atomic E-state index is 13.9. The highest BCUT2D eigenvalue weighted by molar-refractivity contribution is 7.22. The van der Waals surface area contributed by atoms with Crippen molar-refractivity contribution in [2.75, 3.05) is 50.7 Å². The Morgan fingerprint density at radius 1 is 0.773 bits per heavy atom. The van der Waals surface area contributed by atoms with Gasteiger partial charge in [0.1, 0.15) is 11.5 Å². The maximum Gasteiger partial charge on any atom is 0.317 e. The highest BCUT2D eigenvalue weighted by Gasteiger charge is 2.28. The quantitative estimate of drug-likeness (QED) is 0.200. The third-order valence-corrected chi connectivity index (χ3v) is 9.47. The summed E-state index contributed by atoms with van der Waals surface area (Å²) in [4.78, 5) is 32.6. The Bertz CT molecular complexity index is 1570. The Labute approximate surface area is 279 Å². The minimum Gasteiger partial charge on any atom is -0.508 e. The Morgan fingerprint density at radius 2 is 1.39 bits per heavy atom. The van der Waals surface area contributed by atoms with Gasteiger partial charge in [-0.15, -0.1) is 48.6 Å². The molecule has 0 saturated carbocycles. The number of carbonyl (C=O) groups is 2. The molecule has 8 nitrogen and oxygen atoms in total. The van der Waals surface area contributed by atoms with E-state index in [1.54, 1.807) is 42.5 Å². The van der Waals surface area contributed by atoms with Gasteiger partial charge in [-0.25, -0.2) is 0 Å². The van der Waals surface area contributed by atoms with Crippen LogP contribution >= 0.6 is 48.6 Å². The highest BCUT2D eigenvalue weighted by Crippen LogP contribution is 2.41. The van der Waals surface area contributed by atoms with E-state index in [1.807, 2.05) is 29.2 Å². The molecule has 2 fully saturated rings. The first-order valence-corrected chi connectivity index (χ1v) is 14.8. The molecular formula is C32H36Cl3N3O5S. The van der Waals surface area contributed by atoms with Crippen LogP contribution < -0.4 is 4.90 Å². The molecular weight excluding hydrogens is 645 g/mol. The second kappa shape index (κ2) is 15.3. The number of nitrogens with zero attached hydrogens (tertiary/aromatic N) is 3.